The Labute approximate surface area is 129 Å². The van der Waals surface area contributed by atoms with Crippen molar-refractivity contribution in [3.63, 3.8) is 0 Å². The van der Waals surface area contributed by atoms with Gasteiger partial charge in [-0.1, -0.05) is 15.9 Å². The molecule has 0 saturated heterocycles. The quantitative estimate of drug-likeness (QED) is 0.756. The lowest BCUT2D eigenvalue weighted by Crippen LogP contribution is -2.29. The number of benzene rings is 1. The van der Waals surface area contributed by atoms with Gasteiger partial charge in [-0.15, -0.1) is 0 Å². The lowest BCUT2D eigenvalue weighted by atomic mass is 10.2. The molecule has 9 heteroatoms. The summed E-state index contributed by atoms with van der Waals surface area (Å²) in [7, 11) is -4.32. The molecule has 2 rings (SSSR count). The minimum Gasteiger partial charge on any atom is -0.310 e. The van der Waals surface area contributed by atoms with Gasteiger partial charge >= 0.3 is 0 Å². The fraction of sp³-hybridized carbons (Fsp3) is 0.500. The maximum absolute atomic E-state index is 14.3. The molecule has 0 aliphatic heterocycles. The molecule has 4 nitrogen and oxygen atoms in total. The van der Waals surface area contributed by atoms with Crippen LogP contribution in [-0.2, 0) is 16.6 Å². The molecule has 0 unspecified atom stereocenters. The summed E-state index contributed by atoms with van der Waals surface area (Å²) in [6, 6.07) is 2.86. The number of halogens is 4. The summed E-state index contributed by atoms with van der Waals surface area (Å²) in [5.41, 5.74) is 0.175. The monoisotopic (exact) mass is 386 g/mol. The number of sulfonamides is 1. The van der Waals surface area contributed by atoms with E-state index in [-0.39, 0.29) is 12.1 Å². The third-order valence-electron chi connectivity index (χ3n) is 2.96. The molecule has 118 valence electrons. The molecule has 0 amide bonds. The SMILES string of the molecule is O=S(=O)(NCC(F)F)c1cc(Br)cc(CNC2CC2)c1F. The van der Waals surface area contributed by atoms with Gasteiger partial charge in [0.1, 0.15) is 10.7 Å². The average molecular weight is 387 g/mol. The number of alkyl halides is 2. The molecule has 0 heterocycles. The van der Waals surface area contributed by atoms with E-state index in [1.54, 1.807) is 4.72 Å². The fourth-order valence-electron chi connectivity index (χ4n) is 1.73. The summed E-state index contributed by atoms with van der Waals surface area (Å²) in [6.07, 6.45) is -0.820. The number of rotatable bonds is 7. The summed E-state index contributed by atoms with van der Waals surface area (Å²) in [4.78, 5) is -0.634. The lowest BCUT2D eigenvalue weighted by Gasteiger charge is -2.12. The largest absolute Gasteiger partial charge is 0.310 e. The van der Waals surface area contributed by atoms with Gasteiger partial charge in [0.2, 0.25) is 10.0 Å². The van der Waals surface area contributed by atoms with Gasteiger partial charge in [0.05, 0.1) is 6.54 Å². The minimum atomic E-state index is -4.32. The highest BCUT2D eigenvalue weighted by Crippen LogP contribution is 2.25. The molecule has 21 heavy (non-hydrogen) atoms. The Balaban J connectivity index is 2.24. The zero-order chi connectivity index (χ0) is 15.6. The highest BCUT2D eigenvalue weighted by molar-refractivity contribution is 9.10. The molecule has 0 bridgehead atoms. The van der Waals surface area contributed by atoms with Gasteiger partial charge in [-0.05, 0) is 25.0 Å². The standard InChI is InChI=1S/C12H14BrF3N2O2S/c13-8-3-7(5-17-9-1-2-9)12(16)10(4-8)21(19,20)18-6-11(14)15/h3-4,9,11,17-18H,1-2,5-6H2. The Morgan fingerprint density at radius 1 is 1.33 bits per heavy atom. The van der Waals surface area contributed by atoms with E-state index in [4.69, 9.17) is 0 Å². The molecule has 0 radical (unpaired) electrons. The zero-order valence-corrected chi connectivity index (χ0v) is 13.3. The van der Waals surface area contributed by atoms with Crippen molar-refractivity contribution in [1.82, 2.24) is 10.0 Å². The normalized spacial score (nSPS) is 15.7. The fourth-order valence-corrected chi connectivity index (χ4v) is 3.54. The summed E-state index contributed by atoms with van der Waals surface area (Å²) in [6.45, 7) is -0.864. The first-order valence-electron chi connectivity index (χ1n) is 6.28. The van der Waals surface area contributed by atoms with Crippen LogP contribution in [0.5, 0.6) is 0 Å². The van der Waals surface area contributed by atoms with Crippen LogP contribution >= 0.6 is 15.9 Å². The van der Waals surface area contributed by atoms with Crippen LogP contribution in [0, 0.1) is 5.82 Å². The maximum Gasteiger partial charge on any atom is 0.251 e. The van der Waals surface area contributed by atoms with Crippen molar-refractivity contribution in [3.8, 4) is 0 Å². The van der Waals surface area contributed by atoms with Crippen LogP contribution < -0.4 is 10.0 Å². The van der Waals surface area contributed by atoms with Crippen LogP contribution in [0.1, 0.15) is 18.4 Å². The van der Waals surface area contributed by atoms with Crippen molar-refractivity contribution in [2.75, 3.05) is 6.54 Å². The van der Waals surface area contributed by atoms with Crippen LogP contribution in [0.4, 0.5) is 13.2 Å². The molecule has 1 aliphatic carbocycles. The Bertz CT molecular complexity index is 621. The Morgan fingerprint density at radius 2 is 2.00 bits per heavy atom. The molecule has 2 N–H and O–H groups in total. The average Bonchev–Trinajstić information content (AvgIpc) is 3.21. The summed E-state index contributed by atoms with van der Waals surface area (Å²) in [5.74, 6) is -0.923. The first-order chi connectivity index (χ1) is 9.79. The molecular formula is C12H14BrF3N2O2S. The first kappa shape index (κ1) is 16.7. The zero-order valence-electron chi connectivity index (χ0n) is 10.9. The Morgan fingerprint density at radius 3 is 2.57 bits per heavy atom. The molecule has 1 aromatic carbocycles. The second-order valence-electron chi connectivity index (χ2n) is 4.78. The van der Waals surface area contributed by atoms with Crippen molar-refractivity contribution in [1.29, 1.82) is 0 Å². The molecule has 1 aromatic rings. The highest BCUT2D eigenvalue weighted by Gasteiger charge is 2.25. The summed E-state index contributed by atoms with van der Waals surface area (Å²) in [5, 5.41) is 3.07. The van der Waals surface area contributed by atoms with E-state index >= 15 is 0 Å². The van der Waals surface area contributed by atoms with E-state index < -0.39 is 33.7 Å². The molecule has 1 saturated carbocycles. The Hall–Kier alpha value is -0.640. The predicted molar refractivity (Wildman–Crippen MR) is 75.2 cm³/mol. The second-order valence-corrected chi connectivity index (χ2v) is 7.43. The van der Waals surface area contributed by atoms with Crippen molar-refractivity contribution >= 4 is 26.0 Å². The van der Waals surface area contributed by atoms with Crippen LogP contribution in [0.25, 0.3) is 0 Å². The smallest absolute Gasteiger partial charge is 0.251 e. The van der Waals surface area contributed by atoms with Crippen LogP contribution in [0.2, 0.25) is 0 Å². The molecule has 0 spiro atoms. The number of hydrogen-bond donors (Lipinski definition) is 2. The van der Waals surface area contributed by atoms with E-state index in [1.807, 2.05) is 0 Å². The van der Waals surface area contributed by atoms with E-state index in [2.05, 4.69) is 21.2 Å². The highest BCUT2D eigenvalue weighted by atomic mass is 79.9. The van der Waals surface area contributed by atoms with Gasteiger partial charge < -0.3 is 5.32 Å². The van der Waals surface area contributed by atoms with E-state index in [9.17, 15) is 21.6 Å². The summed E-state index contributed by atoms with van der Waals surface area (Å²) < 4.78 is 64.3. The van der Waals surface area contributed by atoms with Crippen molar-refractivity contribution in [2.24, 2.45) is 0 Å². The Kier molecular flexibility index (Phi) is 5.29. The van der Waals surface area contributed by atoms with Crippen LogP contribution in [0.3, 0.4) is 0 Å². The van der Waals surface area contributed by atoms with Gasteiger partial charge in [-0.2, -0.15) is 0 Å². The lowest BCUT2D eigenvalue weighted by molar-refractivity contribution is 0.153. The molecule has 1 fully saturated rings. The van der Waals surface area contributed by atoms with Crippen LogP contribution in [-0.4, -0.2) is 27.4 Å². The van der Waals surface area contributed by atoms with Gasteiger partial charge in [0.25, 0.3) is 6.43 Å². The summed E-state index contributed by atoms with van der Waals surface area (Å²) >= 11 is 3.11. The van der Waals surface area contributed by atoms with E-state index in [0.29, 0.717) is 10.5 Å². The second kappa shape index (κ2) is 6.64. The molecular weight excluding hydrogens is 373 g/mol. The van der Waals surface area contributed by atoms with Crippen molar-refractivity contribution in [3.05, 3.63) is 28.0 Å². The molecule has 0 atom stereocenters. The van der Waals surface area contributed by atoms with E-state index in [1.165, 1.54) is 6.07 Å². The predicted octanol–water partition coefficient (Wildman–Crippen LogP) is 2.38. The van der Waals surface area contributed by atoms with Gasteiger partial charge in [-0.25, -0.2) is 26.3 Å². The topological polar surface area (TPSA) is 58.2 Å². The first-order valence-corrected chi connectivity index (χ1v) is 8.56. The molecule has 0 aromatic heterocycles. The van der Waals surface area contributed by atoms with Crippen molar-refractivity contribution < 1.29 is 21.6 Å². The van der Waals surface area contributed by atoms with Crippen molar-refractivity contribution in [2.45, 2.75) is 36.7 Å². The molecule has 1 aliphatic rings. The number of nitrogens with one attached hydrogen (secondary N) is 2. The van der Waals surface area contributed by atoms with Crippen LogP contribution in [0.15, 0.2) is 21.5 Å². The van der Waals surface area contributed by atoms with E-state index in [0.717, 1.165) is 18.9 Å². The maximum atomic E-state index is 14.3. The third-order valence-corrected chi connectivity index (χ3v) is 4.84. The third kappa shape index (κ3) is 4.67. The van der Waals surface area contributed by atoms with Gasteiger partial charge in [0.15, 0.2) is 0 Å². The number of hydrogen-bond acceptors (Lipinski definition) is 3. The van der Waals surface area contributed by atoms with Gasteiger partial charge in [0, 0.05) is 22.6 Å². The van der Waals surface area contributed by atoms with Gasteiger partial charge in [-0.3, -0.25) is 0 Å². The minimum absolute atomic E-state index is 0.175.